The lowest BCUT2D eigenvalue weighted by molar-refractivity contribution is -0.00722. The Morgan fingerprint density at radius 1 is 1.14 bits per heavy atom. The van der Waals surface area contributed by atoms with Gasteiger partial charge < -0.3 is 14.9 Å². The van der Waals surface area contributed by atoms with Crippen molar-refractivity contribution >= 4 is 0 Å². The Balaban J connectivity index is 3.25. The molecule has 14 heavy (non-hydrogen) atoms. The Bertz CT molecular complexity index is 130. The fourth-order valence-electron chi connectivity index (χ4n) is 1.05. The van der Waals surface area contributed by atoms with Gasteiger partial charge in [-0.15, -0.1) is 0 Å². The van der Waals surface area contributed by atoms with Gasteiger partial charge in [0.25, 0.3) is 0 Å². The van der Waals surface area contributed by atoms with Gasteiger partial charge in [0.15, 0.2) is 0 Å². The summed E-state index contributed by atoms with van der Waals surface area (Å²) >= 11 is 0. The second kappa shape index (κ2) is 10.7. The molecule has 0 aromatic rings. The van der Waals surface area contributed by atoms with Crippen LogP contribution in [0.5, 0.6) is 0 Å². The van der Waals surface area contributed by atoms with Crippen LogP contribution in [0.15, 0.2) is 12.2 Å². The highest BCUT2D eigenvalue weighted by Gasteiger charge is 2.02. The third-order valence-corrected chi connectivity index (χ3v) is 1.98. The Morgan fingerprint density at radius 2 is 1.86 bits per heavy atom. The quantitative estimate of drug-likeness (QED) is 0.440. The highest BCUT2D eigenvalue weighted by Crippen LogP contribution is 1.99. The predicted molar refractivity (Wildman–Crippen MR) is 57.2 cm³/mol. The molecule has 0 fully saturated rings. The smallest absolute Gasteiger partial charge is 0.104 e. The molecule has 0 atom stereocenters. The van der Waals surface area contributed by atoms with Gasteiger partial charge in [-0.25, -0.2) is 0 Å². The minimum atomic E-state index is -0.435. The first-order valence-electron chi connectivity index (χ1n) is 5.33. The lowest BCUT2D eigenvalue weighted by Gasteiger charge is -2.09. The SMILES string of the molecule is CCCCC/C=C/COC(CO)CO. The van der Waals surface area contributed by atoms with Crippen molar-refractivity contribution in [2.75, 3.05) is 19.8 Å². The van der Waals surface area contributed by atoms with Crippen LogP contribution in [-0.2, 0) is 4.74 Å². The average molecular weight is 202 g/mol. The molecule has 0 aromatic carbocycles. The van der Waals surface area contributed by atoms with E-state index in [-0.39, 0.29) is 13.2 Å². The van der Waals surface area contributed by atoms with Gasteiger partial charge in [0.05, 0.1) is 19.8 Å². The van der Waals surface area contributed by atoms with Crippen LogP contribution in [0.25, 0.3) is 0 Å². The van der Waals surface area contributed by atoms with Gasteiger partial charge in [-0.1, -0.05) is 31.9 Å². The zero-order valence-electron chi connectivity index (χ0n) is 8.98. The summed E-state index contributed by atoms with van der Waals surface area (Å²) in [6, 6.07) is 0. The Labute approximate surface area is 86.4 Å². The van der Waals surface area contributed by atoms with E-state index in [1.165, 1.54) is 19.3 Å². The largest absolute Gasteiger partial charge is 0.394 e. The van der Waals surface area contributed by atoms with Crippen molar-refractivity contribution < 1.29 is 14.9 Å². The van der Waals surface area contributed by atoms with Crippen LogP contribution in [0.2, 0.25) is 0 Å². The van der Waals surface area contributed by atoms with E-state index in [0.29, 0.717) is 6.61 Å². The van der Waals surface area contributed by atoms with E-state index in [0.717, 1.165) is 6.42 Å². The molecule has 0 aliphatic carbocycles. The van der Waals surface area contributed by atoms with Crippen LogP contribution in [0.4, 0.5) is 0 Å². The summed E-state index contributed by atoms with van der Waals surface area (Å²) in [6.45, 7) is 2.40. The maximum Gasteiger partial charge on any atom is 0.104 e. The number of aliphatic hydroxyl groups is 2. The zero-order valence-corrected chi connectivity index (χ0v) is 8.98. The van der Waals surface area contributed by atoms with Gasteiger partial charge in [0.2, 0.25) is 0 Å². The van der Waals surface area contributed by atoms with Gasteiger partial charge in [0.1, 0.15) is 6.10 Å². The molecule has 0 heterocycles. The first-order valence-corrected chi connectivity index (χ1v) is 5.33. The average Bonchev–Trinajstić information content (AvgIpc) is 2.22. The van der Waals surface area contributed by atoms with E-state index in [1.54, 1.807) is 0 Å². The normalized spacial score (nSPS) is 11.7. The minimum absolute atomic E-state index is 0.125. The molecule has 0 saturated carbocycles. The van der Waals surface area contributed by atoms with Gasteiger partial charge in [-0.2, -0.15) is 0 Å². The molecule has 0 rings (SSSR count). The molecular formula is C11H22O3. The van der Waals surface area contributed by atoms with Crippen LogP contribution < -0.4 is 0 Å². The molecule has 0 saturated heterocycles. The van der Waals surface area contributed by atoms with Crippen molar-refractivity contribution in [3.05, 3.63) is 12.2 Å². The van der Waals surface area contributed by atoms with Crippen molar-refractivity contribution in [1.29, 1.82) is 0 Å². The molecule has 0 unspecified atom stereocenters. The number of allylic oxidation sites excluding steroid dienone is 1. The first-order chi connectivity index (χ1) is 6.85. The van der Waals surface area contributed by atoms with E-state index in [9.17, 15) is 0 Å². The van der Waals surface area contributed by atoms with Crippen molar-refractivity contribution in [2.45, 2.75) is 38.7 Å². The van der Waals surface area contributed by atoms with Crippen LogP contribution in [-0.4, -0.2) is 36.1 Å². The molecule has 0 aliphatic heterocycles. The van der Waals surface area contributed by atoms with Crippen LogP contribution in [0, 0.1) is 0 Å². The number of hydrogen-bond donors (Lipinski definition) is 2. The molecule has 0 aromatic heterocycles. The molecule has 0 amide bonds. The summed E-state index contributed by atoms with van der Waals surface area (Å²) in [6.07, 6.45) is 8.39. The number of aliphatic hydroxyl groups excluding tert-OH is 2. The number of ether oxygens (including phenoxy) is 1. The molecular weight excluding hydrogens is 180 g/mol. The fourth-order valence-corrected chi connectivity index (χ4v) is 1.05. The molecule has 0 radical (unpaired) electrons. The monoisotopic (exact) mass is 202 g/mol. The summed E-state index contributed by atoms with van der Waals surface area (Å²) in [5, 5.41) is 17.4. The van der Waals surface area contributed by atoms with Gasteiger partial charge >= 0.3 is 0 Å². The van der Waals surface area contributed by atoms with Crippen molar-refractivity contribution in [3.63, 3.8) is 0 Å². The Hall–Kier alpha value is -0.380. The molecule has 0 bridgehead atoms. The molecule has 84 valence electrons. The van der Waals surface area contributed by atoms with Crippen molar-refractivity contribution in [1.82, 2.24) is 0 Å². The zero-order chi connectivity index (χ0) is 10.6. The third-order valence-electron chi connectivity index (χ3n) is 1.98. The highest BCUT2D eigenvalue weighted by atomic mass is 16.5. The van der Waals surface area contributed by atoms with Gasteiger partial charge in [-0.05, 0) is 12.8 Å². The molecule has 0 aliphatic rings. The van der Waals surface area contributed by atoms with E-state index >= 15 is 0 Å². The Morgan fingerprint density at radius 3 is 2.43 bits per heavy atom. The van der Waals surface area contributed by atoms with Crippen molar-refractivity contribution in [3.8, 4) is 0 Å². The Kier molecular flexibility index (Phi) is 10.4. The minimum Gasteiger partial charge on any atom is -0.394 e. The number of unbranched alkanes of at least 4 members (excludes halogenated alkanes) is 3. The maximum absolute atomic E-state index is 8.69. The summed E-state index contributed by atoms with van der Waals surface area (Å²) in [7, 11) is 0. The van der Waals surface area contributed by atoms with Crippen LogP contribution >= 0.6 is 0 Å². The molecule has 0 spiro atoms. The third kappa shape index (κ3) is 8.23. The summed E-state index contributed by atoms with van der Waals surface area (Å²) in [5.41, 5.74) is 0. The van der Waals surface area contributed by atoms with E-state index in [2.05, 4.69) is 13.0 Å². The predicted octanol–water partition coefficient (Wildman–Crippen LogP) is 1.49. The van der Waals surface area contributed by atoms with E-state index in [1.807, 2.05) is 6.08 Å². The van der Waals surface area contributed by atoms with Crippen LogP contribution in [0.3, 0.4) is 0 Å². The van der Waals surface area contributed by atoms with Crippen molar-refractivity contribution in [2.24, 2.45) is 0 Å². The first kappa shape index (κ1) is 13.6. The fraction of sp³-hybridized carbons (Fsp3) is 0.818. The number of hydrogen-bond acceptors (Lipinski definition) is 3. The van der Waals surface area contributed by atoms with E-state index in [4.69, 9.17) is 14.9 Å². The topological polar surface area (TPSA) is 49.7 Å². The molecule has 3 heteroatoms. The lowest BCUT2D eigenvalue weighted by atomic mass is 10.2. The summed E-state index contributed by atoms with van der Waals surface area (Å²) in [4.78, 5) is 0. The maximum atomic E-state index is 8.69. The standard InChI is InChI=1S/C11H22O3/c1-2-3-4-5-6-7-8-14-11(9-12)10-13/h6-7,11-13H,2-5,8-10H2,1H3/b7-6+. The van der Waals surface area contributed by atoms with Gasteiger partial charge in [-0.3, -0.25) is 0 Å². The molecule has 2 N–H and O–H groups in total. The summed E-state index contributed by atoms with van der Waals surface area (Å²) in [5.74, 6) is 0. The van der Waals surface area contributed by atoms with E-state index < -0.39 is 6.10 Å². The van der Waals surface area contributed by atoms with Crippen LogP contribution in [0.1, 0.15) is 32.6 Å². The second-order valence-electron chi connectivity index (χ2n) is 3.29. The second-order valence-corrected chi connectivity index (χ2v) is 3.29. The molecule has 3 nitrogen and oxygen atoms in total. The number of rotatable bonds is 9. The highest BCUT2D eigenvalue weighted by molar-refractivity contribution is 4.81. The lowest BCUT2D eigenvalue weighted by Crippen LogP contribution is -2.21. The van der Waals surface area contributed by atoms with Gasteiger partial charge in [0, 0.05) is 0 Å². The summed E-state index contributed by atoms with van der Waals surface area (Å²) < 4.78 is 5.16.